The van der Waals surface area contributed by atoms with E-state index in [9.17, 15) is 4.79 Å². The maximum Gasteiger partial charge on any atom is 0.354 e. The zero-order valence-corrected chi connectivity index (χ0v) is 12.4. The molecule has 0 unspecified atom stereocenters. The van der Waals surface area contributed by atoms with E-state index >= 15 is 0 Å². The van der Waals surface area contributed by atoms with Gasteiger partial charge >= 0.3 is 5.97 Å². The number of carbonyl (C=O) groups excluding carboxylic acids is 1. The third-order valence-electron chi connectivity index (χ3n) is 4.32. The first-order chi connectivity index (χ1) is 10.7. The molecule has 1 aromatic heterocycles. The van der Waals surface area contributed by atoms with Gasteiger partial charge in [-0.2, -0.15) is 0 Å². The first kappa shape index (κ1) is 12.9. The Bertz CT molecular complexity index is 1040. The number of hydrogen-bond donors (Lipinski definition) is 1. The number of rotatable bonds is 1. The molecule has 0 atom stereocenters. The maximum absolute atomic E-state index is 12.0. The number of hydrogen-bond acceptors (Lipinski definition) is 2. The number of H-pyrrole nitrogens is 1. The predicted molar refractivity (Wildman–Crippen MR) is 89.4 cm³/mol. The van der Waals surface area contributed by atoms with Gasteiger partial charge in [-0.05, 0) is 28.6 Å². The van der Waals surface area contributed by atoms with Gasteiger partial charge in [-0.1, -0.05) is 48.5 Å². The van der Waals surface area contributed by atoms with Gasteiger partial charge in [0.1, 0.15) is 5.69 Å². The molecule has 0 saturated heterocycles. The van der Waals surface area contributed by atoms with E-state index in [1.54, 1.807) is 0 Å². The fourth-order valence-corrected chi connectivity index (χ4v) is 3.31. The number of carbonyl (C=O) groups is 1. The number of esters is 1. The lowest BCUT2D eigenvalue weighted by Crippen LogP contribution is -2.02. The molecule has 1 heterocycles. The molecular weight excluding hydrogens is 274 g/mol. The number of aromatic nitrogens is 1. The largest absolute Gasteiger partial charge is 0.464 e. The van der Waals surface area contributed by atoms with Crippen molar-refractivity contribution in [2.75, 3.05) is 7.11 Å². The van der Waals surface area contributed by atoms with E-state index in [0.717, 1.165) is 27.2 Å². The summed E-state index contributed by atoms with van der Waals surface area (Å²) in [6.45, 7) is 1.96. The lowest BCUT2D eigenvalue weighted by Gasteiger charge is -2.07. The summed E-state index contributed by atoms with van der Waals surface area (Å²) >= 11 is 0. The van der Waals surface area contributed by atoms with Crippen LogP contribution in [0.1, 0.15) is 16.1 Å². The SMILES string of the molecule is COC(=O)c1[nH]c2c3ccccc3c3ccccc3c2c1C. The molecule has 0 aliphatic heterocycles. The highest BCUT2D eigenvalue weighted by atomic mass is 16.5. The van der Waals surface area contributed by atoms with E-state index < -0.39 is 0 Å². The first-order valence-electron chi connectivity index (χ1n) is 7.22. The van der Waals surface area contributed by atoms with Crippen molar-refractivity contribution in [1.82, 2.24) is 4.98 Å². The molecule has 4 rings (SSSR count). The van der Waals surface area contributed by atoms with E-state index in [-0.39, 0.29) is 5.97 Å². The van der Waals surface area contributed by atoms with Gasteiger partial charge in [0.25, 0.3) is 0 Å². The number of aromatic amines is 1. The van der Waals surface area contributed by atoms with Crippen molar-refractivity contribution >= 4 is 38.4 Å². The minimum Gasteiger partial charge on any atom is -0.464 e. The third-order valence-corrected chi connectivity index (χ3v) is 4.32. The molecule has 3 nitrogen and oxygen atoms in total. The number of aryl methyl sites for hydroxylation is 1. The van der Waals surface area contributed by atoms with Crippen LogP contribution >= 0.6 is 0 Å². The molecule has 0 amide bonds. The topological polar surface area (TPSA) is 42.1 Å². The molecule has 1 N–H and O–H groups in total. The number of ether oxygens (including phenoxy) is 1. The average molecular weight is 289 g/mol. The van der Waals surface area contributed by atoms with Gasteiger partial charge in [0.15, 0.2) is 0 Å². The Morgan fingerprint density at radius 3 is 2.09 bits per heavy atom. The molecule has 0 aliphatic rings. The fraction of sp³-hybridized carbons (Fsp3) is 0.105. The van der Waals surface area contributed by atoms with E-state index in [1.807, 2.05) is 31.2 Å². The van der Waals surface area contributed by atoms with Crippen molar-refractivity contribution in [2.45, 2.75) is 6.92 Å². The van der Waals surface area contributed by atoms with Crippen molar-refractivity contribution in [3.63, 3.8) is 0 Å². The van der Waals surface area contributed by atoms with Gasteiger partial charge in [-0.25, -0.2) is 4.79 Å². The minimum absolute atomic E-state index is 0.332. The Morgan fingerprint density at radius 2 is 1.45 bits per heavy atom. The maximum atomic E-state index is 12.0. The van der Waals surface area contributed by atoms with Crippen LogP contribution in [0.2, 0.25) is 0 Å². The smallest absolute Gasteiger partial charge is 0.354 e. The van der Waals surface area contributed by atoms with Gasteiger partial charge in [-0.3, -0.25) is 0 Å². The first-order valence-corrected chi connectivity index (χ1v) is 7.22. The molecule has 3 heteroatoms. The van der Waals surface area contributed by atoms with E-state index in [2.05, 4.69) is 29.2 Å². The second kappa shape index (κ2) is 4.60. The second-order valence-electron chi connectivity index (χ2n) is 5.46. The quantitative estimate of drug-likeness (QED) is 0.412. The van der Waals surface area contributed by atoms with Crippen LogP contribution < -0.4 is 0 Å². The van der Waals surface area contributed by atoms with E-state index in [1.165, 1.54) is 17.9 Å². The average Bonchev–Trinajstić information content (AvgIpc) is 2.92. The van der Waals surface area contributed by atoms with Crippen LogP contribution in [0.25, 0.3) is 32.4 Å². The van der Waals surface area contributed by atoms with Gasteiger partial charge in [0, 0.05) is 10.8 Å². The number of benzene rings is 3. The van der Waals surface area contributed by atoms with Crippen molar-refractivity contribution in [3.05, 3.63) is 59.8 Å². The van der Waals surface area contributed by atoms with Crippen LogP contribution in [0.15, 0.2) is 48.5 Å². The van der Waals surface area contributed by atoms with Crippen LogP contribution in [0, 0.1) is 6.92 Å². The van der Waals surface area contributed by atoms with Crippen LogP contribution in [-0.2, 0) is 4.74 Å². The van der Waals surface area contributed by atoms with Crippen LogP contribution in [0.5, 0.6) is 0 Å². The molecule has 0 bridgehead atoms. The Labute approximate surface area is 127 Å². The molecule has 0 saturated carbocycles. The molecule has 3 aromatic carbocycles. The molecule has 0 aliphatic carbocycles. The Kier molecular flexibility index (Phi) is 2.70. The summed E-state index contributed by atoms with van der Waals surface area (Å²) < 4.78 is 4.90. The predicted octanol–water partition coefficient (Wildman–Crippen LogP) is 4.57. The summed E-state index contributed by atoms with van der Waals surface area (Å²) in [5, 5.41) is 5.75. The van der Waals surface area contributed by atoms with Crippen LogP contribution in [0.4, 0.5) is 0 Å². The van der Waals surface area contributed by atoms with Crippen molar-refractivity contribution in [2.24, 2.45) is 0 Å². The molecule has 22 heavy (non-hydrogen) atoms. The molecular formula is C19H15NO2. The van der Waals surface area contributed by atoms with E-state index in [4.69, 9.17) is 4.74 Å². The fourth-order valence-electron chi connectivity index (χ4n) is 3.31. The highest BCUT2D eigenvalue weighted by molar-refractivity contribution is 6.26. The lowest BCUT2D eigenvalue weighted by atomic mass is 9.96. The van der Waals surface area contributed by atoms with Crippen molar-refractivity contribution in [1.29, 1.82) is 0 Å². The van der Waals surface area contributed by atoms with E-state index in [0.29, 0.717) is 5.69 Å². The molecule has 108 valence electrons. The summed E-state index contributed by atoms with van der Waals surface area (Å²) in [5.74, 6) is -0.332. The standard InChI is InChI=1S/C19H15NO2/c1-11-16-14-9-5-3-7-12(14)13-8-4-6-10-15(13)18(16)20-17(11)19(21)22-2/h3-10,20H,1-2H3. The van der Waals surface area contributed by atoms with Crippen molar-refractivity contribution in [3.8, 4) is 0 Å². The highest BCUT2D eigenvalue weighted by Crippen LogP contribution is 2.37. The molecule has 0 fully saturated rings. The number of methoxy groups -OCH3 is 1. The zero-order chi connectivity index (χ0) is 15.3. The van der Waals surface area contributed by atoms with Gasteiger partial charge in [0.2, 0.25) is 0 Å². The third kappa shape index (κ3) is 1.59. The van der Waals surface area contributed by atoms with Gasteiger partial charge in [-0.15, -0.1) is 0 Å². The number of fused-ring (bicyclic) bond motifs is 6. The Balaban J connectivity index is 2.32. The zero-order valence-electron chi connectivity index (χ0n) is 12.4. The summed E-state index contributed by atoms with van der Waals surface area (Å²) in [5.41, 5.74) is 2.45. The summed E-state index contributed by atoms with van der Waals surface area (Å²) in [6.07, 6.45) is 0. The molecule has 4 aromatic rings. The van der Waals surface area contributed by atoms with Crippen molar-refractivity contribution < 1.29 is 9.53 Å². The van der Waals surface area contributed by atoms with Crippen LogP contribution in [0.3, 0.4) is 0 Å². The van der Waals surface area contributed by atoms with Gasteiger partial charge < -0.3 is 9.72 Å². The van der Waals surface area contributed by atoms with Crippen LogP contribution in [-0.4, -0.2) is 18.1 Å². The summed E-state index contributed by atoms with van der Waals surface area (Å²) in [7, 11) is 1.41. The number of nitrogens with one attached hydrogen (secondary N) is 1. The minimum atomic E-state index is -0.332. The monoisotopic (exact) mass is 289 g/mol. The second-order valence-corrected chi connectivity index (χ2v) is 5.46. The Morgan fingerprint density at radius 1 is 0.909 bits per heavy atom. The lowest BCUT2D eigenvalue weighted by molar-refractivity contribution is 0.0594. The molecule has 0 spiro atoms. The summed E-state index contributed by atoms with van der Waals surface area (Å²) in [6, 6.07) is 16.6. The summed E-state index contributed by atoms with van der Waals surface area (Å²) in [4.78, 5) is 15.3. The van der Waals surface area contributed by atoms with Gasteiger partial charge in [0.05, 0.1) is 12.6 Å². The molecule has 0 radical (unpaired) electrons. The normalized spacial score (nSPS) is 11.4. The highest BCUT2D eigenvalue weighted by Gasteiger charge is 2.19. The Hall–Kier alpha value is -2.81.